The monoisotopic (exact) mass is 607 g/mol. The molecule has 2 atom stereocenters. The molecule has 0 fully saturated rings. The summed E-state index contributed by atoms with van der Waals surface area (Å²) in [6, 6.07) is 6.97. The first-order chi connectivity index (χ1) is 20.0. The van der Waals surface area contributed by atoms with Crippen LogP contribution in [0.2, 0.25) is 0 Å². The number of hydrogen-bond donors (Lipinski definition) is 0. The van der Waals surface area contributed by atoms with Crippen molar-refractivity contribution in [2.75, 3.05) is 26.9 Å². The molecule has 0 aliphatic heterocycles. The van der Waals surface area contributed by atoms with Gasteiger partial charge in [0.05, 0.1) is 18.6 Å². The molecule has 9 heteroatoms. The number of allylic oxidation sites excluding steroid dienone is 4. The average molecular weight is 608 g/mol. The lowest BCUT2D eigenvalue weighted by atomic mass is 10.1. The molecule has 230 valence electrons. The van der Waals surface area contributed by atoms with E-state index < -0.39 is 13.9 Å². The molecule has 0 bridgehead atoms. The summed E-state index contributed by atoms with van der Waals surface area (Å²) in [5.41, 5.74) is 2.91. The number of phosphoric acid groups is 1. The summed E-state index contributed by atoms with van der Waals surface area (Å²) in [6.07, 6.45) is 25.0. The number of benzene rings is 1. The number of phosphoric ester groups is 1. The molecule has 0 amide bonds. The summed E-state index contributed by atoms with van der Waals surface area (Å²) in [5.74, 6) is 0.222. The lowest BCUT2D eigenvalue weighted by Gasteiger charge is -2.25. The summed E-state index contributed by atoms with van der Waals surface area (Å²) in [5, 5.41) is 1.98. The Balaban J connectivity index is 1.48. The van der Waals surface area contributed by atoms with Gasteiger partial charge in [-0.05, 0) is 50.7 Å². The first-order valence-corrected chi connectivity index (χ1v) is 17.5. The van der Waals surface area contributed by atoms with Crippen molar-refractivity contribution in [2.45, 2.75) is 96.6 Å². The van der Waals surface area contributed by atoms with Gasteiger partial charge < -0.3 is 23.4 Å². The van der Waals surface area contributed by atoms with Crippen LogP contribution in [0.5, 0.6) is 5.75 Å². The van der Waals surface area contributed by atoms with Crippen molar-refractivity contribution in [1.29, 1.82) is 0 Å². The van der Waals surface area contributed by atoms with Gasteiger partial charge in [-0.2, -0.15) is 4.57 Å². The van der Waals surface area contributed by atoms with Gasteiger partial charge in [-0.25, -0.2) is 0 Å². The maximum Gasteiger partial charge on any atom is 0.319 e. The maximum atomic E-state index is 12.4. The Morgan fingerprint density at radius 3 is 2.41 bits per heavy atom. The molecule has 0 spiro atoms. The molecule has 0 N–H and O–H groups in total. The third-order valence-electron chi connectivity index (χ3n) is 6.55. The predicted octanol–water partition coefficient (Wildman–Crippen LogP) is 7.79. The van der Waals surface area contributed by atoms with Crippen LogP contribution in [-0.4, -0.2) is 33.0 Å². The number of ether oxygens (including phenoxy) is 2. The fraction of sp³-hybridized carbons (Fsp3) is 0.594. The summed E-state index contributed by atoms with van der Waals surface area (Å²) >= 11 is 1.59. The third-order valence-corrected chi connectivity index (χ3v) is 8.12. The van der Waals surface area contributed by atoms with E-state index in [-0.39, 0.29) is 19.0 Å². The van der Waals surface area contributed by atoms with Crippen molar-refractivity contribution < 1.29 is 32.5 Å². The fourth-order valence-corrected chi connectivity index (χ4v) is 5.56. The molecule has 0 saturated heterocycles. The number of nitrogens with zero attached hydrogens (tertiary/aromatic N) is 1. The van der Waals surface area contributed by atoms with Crippen LogP contribution in [0.1, 0.15) is 89.5 Å². The number of unbranched alkanes of at least 4 members (excludes halogenated alkanes) is 9. The van der Waals surface area contributed by atoms with E-state index in [9.17, 15) is 9.46 Å². The van der Waals surface area contributed by atoms with Crippen LogP contribution in [0.3, 0.4) is 0 Å². The molecule has 2 unspecified atom stereocenters. The van der Waals surface area contributed by atoms with Crippen LogP contribution in [0.4, 0.5) is 0 Å². The second kappa shape index (κ2) is 22.8. The quantitative estimate of drug-likeness (QED) is 0.0496. The largest absolute Gasteiger partial charge is 0.746 e. The van der Waals surface area contributed by atoms with E-state index in [0.717, 1.165) is 31.2 Å². The summed E-state index contributed by atoms with van der Waals surface area (Å²) in [6.45, 7) is 3.59. The van der Waals surface area contributed by atoms with E-state index in [4.69, 9.17) is 18.5 Å². The van der Waals surface area contributed by atoms with Crippen molar-refractivity contribution in [2.24, 2.45) is 0 Å². The first kappa shape index (κ1) is 35.4. The van der Waals surface area contributed by atoms with Gasteiger partial charge in [-0.15, -0.1) is 0 Å². The zero-order valence-electron chi connectivity index (χ0n) is 25.0. The van der Waals surface area contributed by atoms with Crippen LogP contribution in [0.15, 0.2) is 65.7 Å². The Bertz CT molecular complexity index is 1010. The van der Waals surface area contributed by atoms with Gasteiger partial charge in [0.2, 0.25) is 5.51 Å². The molecule has 2 rings (SSSR count). The number of aromatic nitrogens is 1. The summed E-state index contributed by atoms with van der Waals surface area (Å²) in [4.78, 5) is 12.4. The minimum atomic E-state index is -4.55. The van der Waals surface area contributed by atoms with Crippen molar-refractivity contribution in [3.63, 3.8) is 0 Å². The van der Waals surface area contributed by atoms with Gasteiger partial charge in [0.1, 0.15) is 11.9 Å². The first-order valence-electron chi connectivity index (χ1n) is 15.1. The van der Waals surface area contributed by atoms with Crippen LogP contribution in [-0.2, 0) is 25.1 Å². The van der Waals surface area contributed by atoms with Crippen molar-refractivity contribution in [1.82, 2.24) is 0 Å². The number of thiazole rings is 1. The highest BCUT2D eigenvalue weighted by atomic mass is 32.1. The molecule has 0 aliphatic rings. The number of rotatable bonds is 25. The van der Waals surface area contributed by atoms with Gasteiger partial charge >= 0.3 is 7.82 Å². The zero-order valence-corrected chi connectivity index (χ0v) is 26.7. The van der Waals surface area contributed by atoms with E-state index in [1.165, 1.54) is 58.5 Å². The van der Waals surface area contributed by atoms with Crippen molar-refractivity contribution in [3.8, 4) is 5.75 Å². The Labute approximate surface area is 251 Å². The second-order valence-corrected chi connectivity index (χ2v) is 12.3. The predicted molar refractivity (Wildman–Crippen MR) is 165 cm³/mol. The molecular formula is C32H50NO6PS. The molecule has 0 saturated carbocycles. The second-order valence-electron chi connectivity index (χ2n) is 10.2. The minimum absolute atomic E-state index is 0.161. The SMILES string of the molecule is CCCCC/C=C/C/C=C/CCCCCCCCOCC(COP(=O)([O-])Oc1cccc(C[n+]2ccsc2)c1)OC. The Morgan fingerprint density at radius 2 is 1.71 bits per heavy atom. The fourth-order valence-electron chi connectivity index (χ4n) is 4.18. The highest BCUT2D eigenvalue weighted by molar-refractivity contribution is 7.46. The lowest BCUT2D eigenvalue weighted by Crippen LogP contribution is -2.30. The van der Waals surface area contributed by atoms with Crippen molar-refractivity contribution in [3.05, 3.63) is 71.2 Å². The smallest absolute Gasteiger partial charge is 0.319 e. The number of hydrogen-bond acceptors (Lipinski definition) is 7. The highest BCUT2D eigenvalue weighted by Gasteiger charge is 2.17. The zero-order chi connectivity index (χ0) is 29.4. The van der Waals surface area contributed by atoms with Gasteiger partial charge in [-0.1, -0.05) is 93.2 Å². The molecule has 41 heavy (non-hydrogen) atoms. The van der Waals surface area contributed by atoms with Gasteiger partial charge in [0.25, 0.3) is 0 Å². The molecule has 0 radical (unpaired) electrons. The molecular weight excluding hydrogens is 557 g/mol. The molecule has 7 nitrogen and oxygen atoms in total. The minimum Gasteiger partial charge on any atom is -0.746 e. The van der Waals surface area contributed by atoms with Crippen LogP contribution in [0, 0.1) is 0 Å². The van der Waals surface area contributed by atoms with Crippen LogP contribution >= 0.6 is 19.2 Å². The molecule has 1 aromatic heterocycles. The highest BCUT2D eigenvalue weighted by Crippen LogP contribution is 2.39. The van der Waals surface area contributed by atoms with E-state index in [0.29, 0.717) is 13.2 Å². The Hall–Kier alpha value is -1.80. The van der Waals surface area contributed by atoms with Crippen LogP contribution < -0.4 is 14.0 Å². The van der Waals surface area contributed by atoms with Gasteiger partial charge in [-0.3, -0.25) is 4.57 Å². The summed E-state index contributed by atoms with van der Waals surface area (Å²) < 4.78 is 35.7. The molecule has 0 aliphatic carbocycles. The topological polar surface area (TPSA) is 80.9 Å². The van der Waals surface area contributed by atoms with Gasteiger partial charge in [0.15, 0.2) is 12.7 Å². The lowest BCUT2D eigenvalue weighted by molar-refractivity contribution is -0.683. The maximum absolute atomic E-state index is 12.4. The Morgan fingerprint density at radius 1 is 0.976 bits per heavy atom. The van der Waals surface area contributed by atoms with Crippen LogP contribution in [0.25, 0.3) is 0 Å². The van der Waals surface area contributed by atoms with E-state index in [1.807, 2.05) is 27.7 Å². The molecule has 2 aromatic rings. The van der Waals surface area contributed by atoms with Crippen molar-refractivity contribution >= 4 is 19.2 Å². The average Bonchev–Trinajstić information content (AvgIpc) is 3.47. The van der Waals surface area contributed by atoms with E-state index in [2.05, 4.69) is 31.2 Å². The van der Waals surface area contributed by atoms with Gasteiger partial charge in [0, 0.05) is 19.3 Å². The standard InChI is InChI=1S/C32H50NO6PS/c1-3-4-5-6-7-8-9-10-11-12-13-14-15-16-17-18-23-37-27-32(36-2)28-38-40(34,35)39-31-21-19-20-30(25-31)26-33-22-24-41-29-33/h7-8,10-11,19-22,24-25,29,32H,3-6,9,12-18,23,26-28H2,1-2H3/b8-7+,11-10+. The number of methoxy groups -OCH3 is 1. The summed E-state index contributed by atoms with van der Waals surface area (Å²) in [7, 11) is -3.03. The third kappa shape index (κ3) is 18.4. The van der Waals surface area contributed by atoms with E-state index in [1.54, 1.807) is 29.5 Å². The normalized spacial score (nSPS) is 14.1. The molecule has 1 aromatic carbocycles. The Kier molecular flexibility index (Phi) is 19.6. The van der Waals surface area contributed by atoms with E-state index >= 15 is 0 Å². The molecule has 1 heterocycles.